The first-order chi connectivity index (χ1) is 15.4. The van der Waals surface area contributed by atoms with Gasteiger partial charge in [-0.3, -0.25) is 4.79 Å². The van der Waals surface area contributed by atoms with Gasteiger partial charge in [0.05, 0.1) is 16.0 Å². The second kappa shape index (κ2) is 9.43. The standard InChI is InChI=1S/C20H17F5N2O5S/c1-11(28)26-5-7-27(8-6-26)33(30,31)13-4-2-3-12(9-13)20(29)32-10-14-15(21)17(23)19(25)18(24)16(14)22/h2-4,9H,5-8,10H2,1H3. The van der Waals surface area contributed by atoms with Crippen LogP contribution in [0.3, 0.4) is 0 Å². The summed E-state index contributed by atoms with van der Waals surface area (Å²) in [6.07, 6.45) is 0. The van der Waals surface area contributed by atoms with Gasteiger partial charge in [0.25, 0.3) is 0 Å². The Morgan fingerprint density at radius 1 is 0.909 bits per heavy atom. The largest absolute Gasteiger partial charge is 0.457 e. The van der Waals surface area contributed by atoms with E-state index in [1.807, 2.05) is 0 Å². The van der Waals surface area contributed by atoms with Crippen molar-refractivity contribution in [1.29, 1.82) is 0 Å². The summed E-state index contributed by atoms with van der Waals surface area (Å²) in [5.74, 6) is -12.4. The summed E-state index contributed by atoms with van der Waals surface area (Å²) in [7, 11) is -4.04. The Kier molecular flexibility index (Phi) is 7.03. The average Bonchev–Trinajstić information content (AvgIpc) is 2.81. The van der Waals surface area contributed by atoms with E-state index in [9.17, 15) is 40.0 Å². The van der Waals surface area contributed by atoms with Crippen molar-refractivity contribution >= 4 is 21.9 Å². The number of ether oxygens (including phenoxy) is 1. The van der Waals surface area contributed by atoms with Crippen molar-refractivity contribution in [3.8, 4) is 0 Å². The molecule has 33 heavy (non-hydrogen) atoms. The molecule has 3 rings (SSSR count). The van der Waals surface area contributed by atoms with Crippen LogP contribution in [0.4, 0.5) is 22.0 Å². The van der Waals surface area contributed by atoms with Crippen molar-refractivity contribution in [2.75, 3.05) is 26.2 Å². The average molecular weight is 492 g/mol. The van der Waals surface area contributed by atoms with Gasteiger partial charge in [-0.05, 0) is 18.2 Å². The number of halogens is 5. The summed E-state index contributed by atoms with van der Waals surface area (Å²) in [6.45, 7) is 0.560. The van der Waals surface area contributed by atoms with Gasteiger partial charge in [0, 0.05) is 33.1 Å². The lowest BCUT2D eigenvalue weighted by Crippen LogP contribution is -2.49. The van der Waals surface area contributed by atoms with Gasteiger partial charge >= 0.3 is 5.97 Å². The summed E-state index contributed by atoms with van der Waals surface area (Å²) in [5.41, 5.74) is -1.66. The molecular formula is C20H17F5N2O5S. The Morgan fingerprint density at radius 2 is 1.45 bits per heavy atom. The van der Waals surface area contributed by atoms with E-state index >= 15 is 0 Å². The maximum absolute atomic E-state index is 13.7. The molecule has 0 unspecified atom stereocenters. The molecule has 0 radical (unpaired) electrons. The van der Waals surface area contributed by atoms with Crippen LogP contribution in [0.15, 0.2) is 29.2 Å². The predicted octanol–water partition coefficient (Wildman–Crippen LogP) is 2.59. The van der Waals surface area contributed by atoms with Crippen LogP contribution in [-0.4, -0.2) is 55.7 Å². The SMILES string of the molecule is CC(=O)N1CCN(S(=O)(=O)c2cccc(C(=O)OCc3c(F)c(F)c(F)c(F)c3F)c2)CC1. The highest BCUT2D eigenvalue weighted by Crippen LogP contribution is 2.24. The van der Waals surface area contributed by atoms with Gasteiger partial charge in [0.1, 0.15) is 6.61 Å². The molecule has 1 heterocycles. The number of piperazine rings is 1. The first-order valence-corrected chi connectivity index (χ1v) is 10.9. The number of hydrogen-bond donors (Lipinski definition) is 0. The van der Waals surface area contributed by atoms with Crippen LogP contribution in [0.2, 0.25) is 0 Å². The summed E-state index contributed by atoms with van der Waals surface area (Å²) < 4.78 is 98.7. The number of esters is 1. The second-order valence-corrected chi connectivity index (χ2v) is 9.00. The van der Waals surface area contributed by atoms with E-state index in [-0.39, 0.29) is 42.5 Å². The molecule has 0 N–H and O–H groups in total. The topological polar surface area (TPSA) is 84.0 Å². The number of carbonyl (C=O) groups excluding carboxylic acids is 2. The maximum atomic E-state index is 13.7. The predicted molar refractivity (Wildman–Crippen MR) is 103 cm³/mol. The number of rotatable bonds is 5. The molecule has 0 spiro atoms. The number of hydrogen-bond acceptors (Lipinski definition) is 5. The van der Waals surface area contributed by atoms with Gasteiger partial charge in [-0.1, -0.05) is 6.07 Å². The molecule has 2 aromatic carbocycles. The van der Waals surface area contributed by atoms with E-state index in [1.54, 1.807) is 0 Å². The Morgan fingerprint density at radius 3 is 2.00 bits per heavy atom. The van der Waals surface area contributed by atoms with E-state index in [2.05, 4.69) is 4.74 Å². The molecule has 2 aromatic rings. The normalized spacial score (nSPS) is 14.9. The molecule has 1 aliphatic heterocycles. The Hall–Kier alpha value is -3.06. The molecule has 1 saturated heterocycles. The Balaban J connectivity index is 1.76. The summed E-state index contributed by atoms with van der Waals surface area (Å²) in [6, 6.07) is 4.57. The number of carbonyl (C=O) groups is 2. The van der Waals surface area contributed by atoms with E-state index < -0.39 is 57.2 Å². The lowest BCUT2D eigenvalue weighted by atomic mass is 10.2. The minimum atomic E-state index is -4.04. The van der Waals surface area contributed by atoms with Gasteiger partial charge < -0.3 is 9.64 Å². The molecule has 0 aromatic heterocycles. The van der Waals surface area contributed by atoms with Crippen molar-refractivity contribution in [3.63, 3.8) is 0 Å². The molecule has 0 bridgehead atoms. The van der Waals surface area contributed by atoms with Crippen LogP contribution in [0.5, 0.6) is 0 Å². The summed E-state index contributed by atoms with van der Waals surface area (Å²) >= 11 is 0. The van der Waals surface area contributed by atoms with E-state index in [0.29, 0.717) is 0 Å². The smallest absolute Gasteiger partial charge is 0.338 e. The molecule has 0 saturated carbocycles. The second-order valence-electron chi connectivity index (χ2n) is 7.06. The first kappa shape index (κ1) is 24.6. The monoisotopic (exact) mass is 492 g/mol. The minimum Gasteiger partial charge on any atom is -0.457 e. The van der Waals surface area contributed by atoms with Crippen LogP contribution in [0, 0.1) is 29.1 Å². The van der Waals surface area contributed by atoms with Crippen LogP contribution < -0.4 is 0 Å². The van der Waals surface area contributed by atoms with Crippen molar-refractivity contribution in [3.05, 3.63) is 64.5 Å². The fourth-order valence-corrected chi connectivity index (χ4v) is 4.64. The molecule has 178 valence electrons. The molecular weight excluding hydrogens is 475 g/mol. The van der Waals surface area contributed by atoms with E-state index in [1.165, 1.54) is 24.0 Å². The van der Waals surface area contributed by atoms with E-state index in [0.717, 1.165) is 16.4 Å². The van der Waals surface area contributed by atoms with Gasteiger partial charge in [-0.25, -0.2) is 35.2 Å². The Labute approximate surface area is 185 Å². The van der Waals surface area contributed by atoms with Crippen LogP contribution in [0.1, 0.15) is 22.8 Å². The summed E-state index contributed by atoms with van der Waals surface area (Å²) in [5, 5.41) is 0. The van der Waals surface area contributed by atoms with Gasteiger partial charge in [-0.15, -0.1) is 0 Å². The summed E-state index contributed by atoms with van der Waals surface area (Å²) in [4.78, 5) is 24.9. The third-order valence-corrected chi connectivity index (χ3v) is 6.93. The van der Waals surface area contributed by atoms with Crippen molar-refractivity contribution in [1.82, 2.24) is 9.21 Å². The van der Waals surface area contributed by atoms with Crippen LogP contribution in [0.25, 0.3) is 0 Å². The van der Waals surface area contributed by atoms with Gasteiger partial charge in [0.15, 0.2) is 23.3 Å². The quantitative estimate of drug-likeness (QED) is 0.277. The van der Waals surface area contributed by atoms with Crippen molar-refractivity contribution in [2.45, 2.75) is 18.4 Å². The highest BCUT2D eigenvalue weighted by Gasteiger charge is 2.30. The minimum absolute atomic E-state index is 0.0385. The van der Waals surface area contributed by atoms with Gasteiger partial charge in [-0.2, -0.15) is 4.31 Å². The molecule has 13 heteroatoms. The van der Waals surface area contributed by atoms with Gasteiger partial charge in [0.2, 0.25) is 21.7 Å². The Bertz CT molecular complexity index is 1180. The zero-order valence-corrected chi connectivity index (χ0v) is 17.9. The van der Waals surface area contributed by atoms with Crippen molar-refractivity contribution in [2.24, 2.45) is 0 Å². The highest BCUT2D eigenvalue weighted by atomic mass is 32.2. The first-order valence-electron chi connectivity index (χ1n) is 9.48. The van der Waals surface area contributed by atoms with E-state index in [4.69, 9.17) is 0 Å². The maximum Gasteiger partial charge on any atom is 0.338 e. The number of amides is 1. The molecule has 0 atom stereocenters. The number of sulfonamides is 1. The molecule has 1 amide bonds. The molecule has 0 aliphatic carbocycles. The lowest BCUT2D eigenvalue weighted by molar-refractivity contribution is -0.129. The zero-order chi connectivity index (χ0) is 24.5. The molecule has 7 nitrogen and oxygen atoms in total. The third-order valence-electron chi connectivity index (χ3n) is 5.04. The zero-order valence-electron chi connectivity index (χ0n) is 17.1. The number of benzene rings is 2. The number of nitrogens with zero attached hydrogens (tertiary/aromatic N) is 2. The van der Waals surface area contributed by atoms with Crippen LogP contribution in [-0.2, 0) is 26.2 Å². The molecule has 1 fully saturated rings. The third kappa shape index (κ3) is 4.83. The highest BCUT2D eigenvalue weighted by molar-refractivity contribution is 7.89. The fraction of sp³-hybridized carbons (Fsp3) is 0.300. The van der Waals surface area contributed by atoms with Crippen molar-refractivity contribution < 1.29 is 44.7 Å². The van der Waals surface area contributed by atoms with Crippen LogP contribution >= 0.6 is 0 Å². The fourth-order valence-electron chi connectivity index (χ4n) is 3.17. The molecule has 1 aliphatic rings. The lowest BCUT2D eigenvalue weighted by Gasteiger charge is -2.33.